The quantitative estimate of drug-likeness (QED) is 0.752. The molecule has 0 radical (unpaired) electrons. The molecule has 0 fully saturated rings. The second-order valence-electron chi connectivity index (χ2n) is 5.80. The van der Waals surface area contributed by atoms with Crippen molar-refractivity contribution in [1.29, 1.82) is 0 Å². The van der Waals surface area contributed by atoms with E-state index in [0.29, 0.717) is 5.56 Å². The Bertz CT molecular complexity index is 834. The van der Waals surface area contributed by atoms with Gasteiger partial charge in [-0.15, -0.1) is 0 Å². The number of alkyl halides is 3. The molecule has 3 rings (SSSR count). The molecule has 3 aromatic rings. The Morgan fingerprint density at radius 1 is 0.760 bits per heavy atom. The molecule has 5 heteroatoms. The van der Waals surface area contributed by atoms with Crippen LogP contribution in [0.25, 0.3) is 0 Å². The summed E-state index contributed by atoms with van der Waals surface area (Å²) in [4.78, 5) is 3.90. The van der Waals surface area contributed by atoms with Gasteiger partial charge < -0.3 is 5.11 Å². The summed E-state index contributed by atoms with van der Waals surface area (Å²) in [6.45, 7) is 0. The first-order valence-electron chi connectivity index (χ1n) is 7.75. The summed E-state index contributed by atoms with van der Waals surface area (Å²) in [5.41, 5.74) is -1.74. The van der Waals surface area contributed by atoms with Crippen molar-refractivity contribution < 1.29 is 18.3 Å². The van der Waals surface area contributed by atoms with E-state index >= 15 is 0 Å². The van der Waals surface area contributed by atoms with Crippen LogP contribution in [0.1, 0.15) is 22.3 Å². The first kappa shape index (κ1) is 17.2. The fourth-order valence-electron chi connectivity index (χ4n) is 2.96. The van der Waals surface area contributed by atoms with Crippen LogP contribution in [0.4, 0.5) is 13.2 Å². The normalized spacial score (nSPS) is 14.1. The Morgan fingerprint density at radius 3 is 1.92 bits per heavy atom. The molecule has 2 aromatic carbocycles. The lowest BCUT2D eigenvalue weighted by atomic mass is 9.79. The Hall–Kier alpha value is -2.66. The Kier molecular flexibility index (Phi) is 4.59. The van der Waals surface area contributed by atoms with E-state index in [2.05, 4.69) is 4.98 Å². The molecular formula is C20H16F3NO. The van der Waals surface area contributed by atoms with Crippen molar-refractivity contribution in [1.82, 2.24) is 4.98 Å². The van der Waals surface area contributed by atoms with Crippen molar-refractivity contribution in [3.05, 3.63) is 101 Å². The SMILES string of the molecule is OC(Cc1ccccc1)(c1ccncc1)c1ccccc1C(F)(F)F. The third-order valence-corrected chi connectivity index (χ3v) is 4.14. The lowest BCUT2D eigenvalue weighted by Gasteiger charge is -2.32. The number of hydrogen-bond donors (Lipinski definition) is 1. The molecule has 0 aliphatic rings. The Labute approximate surface area is 143 Å². The molecule has 0 saturated carbocycles. The number of hydrogen-bond acceptors (Lipinski definition) is 2. The van der Waals surface area contributed by atoms with Gasteiger partial charge in [-0.2, -0.15) is 13.2 Å². The van der Waals surface area contributed by atoms with Gasteiger partial charge in [-0.1, -0.05) is 48.5 Å². The van der Waals surface area contributed by atoms with Gasteiger partial charge in [0, 0.05) is 24.4 Å². The van der Waals surface area contributed by atoms with E-state index in [1.165, 1.54) is 42.7 Å². The second-order valence-corrected chi connectivity index (χ2v) is 5.80. The summed E-state index contributed by atoms with van der Waals surface area (Å²) in [5.74, 6) is 0. The maximum Gasteiger partial charge on any atom is 0.416 e. The first-order valence-corrected chi connectivity index (χ1v) is 7.75. The van der Waals surface area contributed by atoms with Crippen LogP contribution in [0.2, 0.25) is 0 Å². The lowest BCUT2D eigenvalue weighted by molar-refractivity contribution is -0.140. The number of aromatic nitrogens is 1. The van der Waals surface area contributed by atoms with Gasteiger partial charge in [-0.05, 0) is 29.3 Å². The average Bonchev–Trinajstić information content (AvgIpc) is 2.62. The van der Waals surface area contributed by atoms with Crippen LogP contribution >= 0.6 is 0 Å². The second kappa shape index (κ2) is 6.69. The molecular weight excluding hydrogens is 327 g/mol. The summed E-state index contributed by atoms with van der Waals surface area (Å²) in [6, 6.07) is 17.2. The van der Waals surface area contributed by atoms with Crippen molar-refractivity contribution in [2.24, 2.45) is 0 Å². The number of halogens is 3. The molecule has 0 bridgehead atoms. The van der Waals surface area contributed by atoms with Gasteiger partial charge in [0.2, 0.25) is 0 Å². The molecule has 1 N–H and O–H groups in total. The molecule has 1 unspecified atom stereocenters. The van der Waals surface area contributed by atoms with E-state index in [-0.39, 0.29) is 12.0 Å². The van der Waals surface area contributed by atoms with Crippen molar-refractivity contribution in [3.8, 4) is 0 Å². The third-order valence-electron chi connectivity index (χ3n) is 4.14. The van der Waals surface area contributed by atoms with E-state index in [9.17, 15) is 18.3 Å². The largest absolute Gasteiger partial charge is 0.416 e. The van der Waals surface area contributed by atoms with Crippen LogP contribution in [0.3, 0.4) is 0 Å². The van der Waals surface area contributed by atoms with Gasteiger partial charge in [0.15, 0.2) is 0 Å². The molecule has 0 amide bonds. The van der Waals surface area contributed by atoms with Gasteiger partial charge in [0.05, 0.1) is 5.56 Å². The maximum atomic E-state index is 13.5. The van der Waals surface area contributed by atoms with Gasteiger partial charge in [-0.3, -0.25) is 4.98 Å². The zero-order chi connectivity index (χ0) is 17.9. The highest BCUT2D eigenvalue weighted by Crippen LogP contribution is 2.41. The molecule has 1 heterocycles. The van der Waals surface area contributed by atoms with Crippen LogP contribution in [-0.2, 0) is 18.2 Å². The lowest BCUT2D eigenvalue weighted by Crippen LogP contribution is -2.33. The fraction of sp³-hybridized carbons (Fsp3) is 0.150. The highest BCUT2D eigenvalue weighted by atomic mass is 19.4. The Morgan fingerprint density at radius 2 is 1.32 bits per heavy atom. The highest BCUT2D eigenvalue weighted by Gasteiger charge is 2.41. The molecule has 0 aliphatic carbocycles. The molecule has 25 heavy (non-hydrogen) atoms. The van der Waals surface area contributed by atoms with Crippen molar-refractivity contribution in [2.75, 3.05) is 0 Å². The zero-order valence-corrected chi connectivity index (χ0v) is 13.2. The van der Waals surface area contributed by atoms with Crippen LogP contribution in [0.5, 0.6) is 0 Å². The molecule has 2 nitrogen and oxygen atoms in total. The standard InChI is InChI=1S/C20H16F3NO/c21-20(22,23)18-9-5-4-8-17(18)19(25,16-10-12-24-13-11-16)14-15-6-2-1-3-7-15/h1-13,25H,14H2. The smallest absolute Gasteiger partial charge is 0.380 e. The van der Waals surface area contributed by atoms with E-state index < -0.39 is 17.3 Å². The van der Waals surface area contributed by atoms with Crippen molar-refractivity contribution in [3.63, 3.8) is 0 Å². The summed E-state index contributed by atoms with van der Waals surface area (Å²) < 4.78 is 40.5. The van der Waals surface area contributed by atoms with Crippen LogP contribution in [-0.4, -0.2) is 10.1 Å². The van der Waals surface area contributed by atoms with Crippen LogP contribution in [0, 0.1) is 0 Å². The van der Waals surface area contributed by atoms with Crippen molar-refractivity contribution >= 4 is 0 Å². The summed E-state index contributed by atoms with van der Waals surface area (Å²) in [5, 5.41) is 11.4. The summed E-state index contributed by atoms with van der Waals surface area (Å²) in [7, 11) is 0. The average molecular weight is 343 g/mol. The molecule has 0 saturated heterocycles. The predicted octanol–water partition coefficient (Wildman–Crippen LogP) is 4.58. The maximum absolute atomic E-state index is 13.5. The minimum atomic E-state index is -4.56. The number of benzene rings is 2. The first-order chi connectivity index (χ1) is 11.9. The number of pyridine rings is 1. The number of rotatable bonds is 4. The van der Waals surface area contributed by atoms with Crippen molar-refractivity contribution in [2.45, 2.75) is 18.2 Å². The number of nitrogens with zero attached hydrogens (tertiary/aromatic N) is 1. The predicted molar refractivity (Wildman–Crippen MR) is 88.8 cm³/mol. The van der Waals surface area contributed by atoms with E-state index in [1.54, 1.807) is 24.3 Å². The Balaban J connectivity index is 2.20. The van der Waals surface area contributed by atoms with Gasteiger partial charge in [0.25, 0.3) is 0 Å². The molecule has 0 spiro atoms. The van der Waals surface area contributed by atoms with E-state index in [4.69, 9.17) is 0 Å². The third kappa shape index (κ3) is 3.56. The van der Waals surface area contributed by atoms with Gasteiger partial charge in [0.1, 0.15) is 5.60 Å². The van der Waals surface area contributed by atoms with Gasteiger partial charge in [-0.25, -0.2) is 0 Å². The zero-order valence-electron chi connectivity index (χ0n) is 13.2. The summed E-state index contributed by atoms with van der Waals surface area (Å²) in [6.07, 6.45) is -1.62. The van der Waals surface area contributed by atoms with E-state index in [1.807, 2.05) is 6.07 Å². The summed E-state index contributed by atoms with van der Waals surface area (Å²) >= 11 is 0. The molecule has 128 valence electrons. The van der Waals surface area contributed by atoms with Gasteiger partial charge >= 0.3 is 6.18 Å². The monoisotopic (exact) mass is 343 g/mol. The topological polar surface area (TPSA) is 33.1 Å². The highest BCUT2D eigenvalue weighted by molar-refractivity contribution is 5.43. The minimum absolute atomic E-state index is 0.0188. The number of aliphatic hydroxyl groups is 1. The molecule has 1 atom stereocenters. The van der Waals surface area contributed by atoms with E-state index in [0.717, 1.165) is 11.6 Å². The van der Waals surface area contributed by atoms with Crippen LogP contribution in [0.15, 0.2) is 79.1 Å². The minimum Gasteiger partial charge on any atom is -0.380 e. The fourth-order valence-corrected chi connectivity index (χ4v) is 2.96. The molecule has 0 aliphatic heterocycles. The molecule has 1 aromatic heterocycles. The van der Waals surface area contributed by atoms with Crippen LogP contribution < -0.4 is 0 Å².